The first-order valence-corrected chi connectivity index (χ1v) is 14.4. The first kappa shape index (κ1) is 31.8. The zero-order valence-electron chi connectivity index (χ0n) is 25.3. The third-order valence-corrected chi connectivity index (χ3v) is 7.25. The second kappa shape index (κ2) is 15.4. The van der Waals surface area contributed by atoms with Crippen LogP contribution in [-0.2, 0) is 39.3 Å². The molecule has 0 bridgehead atoms. The highest BCUT2D eigenvalue weighted by molar-refractivity contribution is 5.89. The summed E-state index contributed by atoms with van der Waals surface area (Å²) in [5.41, 5.74) is 2.84. The lowest BCUT2D eigenvalue weighted by Crippen LogP contribution is -2.52. The number of rotatable bonds is 14. The van der Waals surface area contributed by atoms with Crippen LogP contribution in [0.25, 0.3) is 0 Å². The molecule has 0 saturated carbocycles. The minimum atomic E-state index is -1.05. The van der Waals surface area contributed by atoms with Crippen molar-refractivity contribution in [2.45, 2.75) is 44.9 Å². The van der Waals surface area contributed by atoms with Gasteiger partial charge < -0.3 is 30.0 Å². The van der Waals surface area contributed by atoms with Crippen molar-refractivity contribution in [3.8, 4) is 5.75 Å². The first-order valence-electron chi connectivity index (χ1n) is 14.4. The molecule has 0 spiro atoms. The number of carbonyl (C=O) groups excluding carboxylic acids is 3. The van der Waals surface area contributed by atoms with Crippen LogP contribution in [0.2, 0.25) is 0 Å². The van der Waals surface area contributed by atoms with E-state index in [0.29, 0.717) is 23.6 Å². The predicted molar refractivity (Wildman–Crippen MR) is 167 cm³/mol. The molecule has 3 aromatic carbocycles. The molecule has 230 valence electrons. The minimum absolute atomic E-state index is 0.0422. The zero-order valence-corrected chi connectivity index (χ0v) is 25.3. The number of hydrogen-bond donors (Lipinski definition) is 3. The molecular formula is C34H39N5O5. The molecule has 0 aliphatic carbocycles. The minimum Gasteiger partial charge on any atom is -0.496 e. The third kappa shape index (κ3) is 9.19. The number of ether oxygens (including phenoxy) is 2. The molecule has 10 nitrogen and oxygen atoms in total. The molecule has 10 heteroatoms. The monoisotopic (exact) mass is 597 g/mol. The van der Waals surface area contributed by atoms with E-state index in [9.17, 15) is 14.4 Å². The Morgan fingerprint density at radius 3 is 2.32 bits per heavy atom. The standard InChI is InChI=1S/C34H39N5O5/c1-34(2,27-15-8-5-9-16-27)23-36-31(40)21-39(20-26-14-10-11-17-30(26)43-3)32(41)29(18-28-19-35-24-37-28)38-33(42)44-22-25-12-6-4-7-13-25/h4-17,19,24,29H,18,20-23H2,1-3H3,(H,35,37)(H,36,40)(H,38,42)/t29-/m0/s1. The molecule has 3 N–H and O–H groups in total. The van der Waals surface area contributed by atoms with Gasteiger partial charge in [-0.05, 0) is 17.2 Å². The van der Waals surface area contributed by atoms with Gasteiger partial charge in [0.15, 0.2) is 0 Å². The van der Waals surface area contributed by atoms with Crippen molar-refractivity contribution in [3.05, 3.63) is 120 Å². The zero-order chi connectivity index (χ0) is 31.4. The van der Waals surface area contributed by atoms with Crippen molar-refractivity contribution in [1.29, 1.82) is 0 Å². The van der Waals surface area contributed by atoms with Gasteiger partial charge in [-0.1, -0.05) is 92.7 Å². The van der Waals surface area contributed by atoms with E-state index in [1.54, 1.807) is 19.4 Å². The summed E-state index contributed by atoms with van der Waals surface area (Å²) < 4.78 is 10.9. The summed E-state index contributed by atoms with van der Waals surface area (Å²) in [6.07, 6.45) is 2.49. The molecule has 3 amide bonds. The molecule has 0 unspecified atom stereocenters. The fraction of sp³-hybridized carbons (Fsp3) is 0.294. The SMILES string of the molecule is COc1ccccc1CN(CC(=O)NCC(C)(C)c1ccccc1)C(=O)[C@H](Cc1c[nH]cn1)NC(=O)OCc1ccccc1. The molecular weight excluding hydrogens is 558 g/mol. The summed E-state index contributed by atoms with van der Waals surface area (Å²) in [7, 11) is 1.55. The van der Waals surface area contributed by atoms with Crippen LogP contribution in [0.15, 0.2) is 97.5 Å². The van der Waals surface area contributed by atoms with Gasteiger partial charge in [-0.2, -0.15) is 0 Å². The van der Waals surface area contributed by atoms with Crippen molar-refractivity contribution in [2.24, 2.45) is 0 Å². The fourth-order valence-corrected chi connectivity index (χ4v) is 4.73. The van der Waals surface area contributed by atoms with Crippen molar-refractivity contribution in [3.63, 3.8) is 0 Å². The highest BCUT2D eigenvalue weighted by Gasteiger charge is 2.30. The largest absolute Gasteiger partial charge is 0.496 e. The third-order valence-electron chi connectivity index (χ3n) is 7.25. The first-order chi connectivity index (χ1) is 21.2. The number of alkyl carbamates (subject to hydrolysis) is 1. The van der Waals surface area contributed by atoms with Crippen LogP contribution in [-0.4, -0.2) is 59.0 Å². The van der Waals surface area contributed by atoms with Crippen LogP contribution in [0.4, 0.5) is 4.79 Å². The number of nitrogens with one attached hydrogen (secondary N) is 3. The molecule has 4 rings (SSSR count). The number of methoxy groups -OCH3 is 1. The van der Waals surface area contributed by atoms with Crippen LogP contribution >= 0.6 is 0 Å². The number of hydrogen-bond acceptors (Lipinski definition) is 6. The summed E-state index contributed by atoms with van der Waals surface area (Å²) in [5.74, 6) is -0.217. The maximum atomic E-state index is 14.1. The summed E-state index contributed by atoms with van der Waals surface area (Å²) in [5, 5.41) is 5.69. The van der Waals surface area contributed by atoms with Gasteiger partial charge in [-0.3, -0.25) is 9.59 Å². The summed E-state index contributed by atoms with van der Waals surface area (Å²) in [6.45, 7) is 4.35. The molecule has 0 radical (unpaired) electrons. The number of amides is 3. The number of para-hydroxylation sites is 1. The summed E-state index contributed by atoms with van der Waals surface area (Å²) in [6, 6.07) is 25.4. The van der Waals surface area contributed by atoms with Gasteiger partial charge in [0.05, 0.1) is 25.7 Å². The van der Waals surface area contributed by atoms with E-state index >= 15 is 0 Å². The predicted octanol–water partition coefficient (Wildman–Crippen LogP) is 4.38. The normalized spacial score (nSPS) is 11.7. The number of imidazole rings is 1. The van der Waals surface area contributed by atoms with E-state index in [-0.39, 0.29) is 37.4 Å². The maximum absolute atomic E-state index is 14.1. The molecule has 0 saturated heterocycles. The summed E-state index contributed by atoms with van der Waals surface area (Å²) >= 11 is 0. The molecule has 1 atom stereocenters. The maximum Gasteiger partial charge on any atom is 0.408 e. The van der Waals surface area contributed by atoms with Gasteiger partial charge in [0, 0.05) is 36.7 Å². The molecule has 0 aliphatic heterocycles. The fourth-order valence-electron chi connectivity index (χ4n) is 4.73. The summed E-state index contributed by atoms with van der Waals surface area (Å²) in [4.78, 5) is 48.9. The highest BCUT2D eigenvalue weighted by Crippen LogP contribution is 2.22. The Morgan fingerprint density at radius 1 is 0.955 bits per heavy atom. The van der Waals surface area contributed by atoms with E-state index < -0.39 is 18.0 Å². The Kier molecular flexibility index (Phi) is 11.1. The van der Waals surface area contributed by atoms with Crippen LogP contribution in [0, 0.1) is 0 Å². The molecule has 0 fully saturated rings. The molecule has 1 heterocycles. The van der Waals surface area contributed by atoms with E-state index in [2.05, 4.69) is 20.6 Å². The topological polar surface area (TPSA) is 126 Å². The van der Waals surface area contributed by atoms with Crippen molar-refractivity contribution < 1.29 is 23.9 Å². The molecule has 4 aromatic rings. The van der Waals surface area contributed by atoms with Crippen molar-refractivity contribution in [1.82, 2.24) is 25.5 Å². The van der Waals surface area contributed by atoms with Gasteiger partial charge in [0.1, 0.15) is 18.4 Å². The number of carbonyl (C=O) groups is 3. The lowest BCUT2D eigenvalue weighted by atomic mass is 9.84. The number of benzene rings is 3. The lowest BCUT2D eigenvalue weighted by Gasteiger charge is -2.29. The van der Waals surface area contributed by atoms with E-state index in [4.69, 9.17) is 9.47 Å². The lowest BCUT2D eigenvalue weighted by molar-refractivity contribution is -0.138. The number of aromatic amines is 1. The van der Waals surface area contributed by atoms with Gasteiger partial charge in [-0.15, -0.1) is 0 Å². The van der Waals surface area contributed by atoms with Crippen molar-refractivity contribution >= 4 is 17.9 Å². The average Bonchev–Trinajstić information content (AvgIpc) is 3.56. The Morgan fingerprint density at radius 2 is 1.64 bits per heavy atom. The Hall–Kier alpha value is -5.12. The Bertz CT molecular complexity index is 1490. The van der Waals surface area contributed by atoms with Crippen LogP contribution in [0.3, 0.4) is 0 Å². The van der Waals surface area contributed by atoms with Gasteiger partial charge in [0.25, 0.3) is 0 Å². The van der Waals surface area contributed by atoms with Gasteiger partial charge in [-0.25, -0.2) is 9.78 Å². The van der Waals surface area contributed by atoms with Crippen molar-refractivity contribution in [2.75, 3.05) is 20.2 Å². The molecule has 1 aromatic heterocycles. The van der Waals surface area contributed by atoms with Crippen LogP contribution in [0.5, 0.6) is 5.75 Å². The quantitative estimate of drug-likeness (QED) is 0.198. The average molecular weight is 598 g/mol. The van der Waals surface area contributed by atoms with Gasteiger partial charge in [0.2, 0.25) is 11.8 Å². The second-order valence-corrected chi connectivity index (χ2v) is 11.1. The van der Waals surface area contributed by atoms with Crippen LogP contribution < -0.4 is 15.4 Å². The van der Waals surface area contributed by atoms with Gasteiger partial charge >= 0.3 is 6.09 Å². The number of aromatic nitrogens is 2. The van der Waals surface area contributed by atoms with E-state index in [0.717, 1.165) is 11.1 Å². The highest BCUT2D eigenvalue weighted by atomic mass is 16.5. The second-order valence-electron chi connectivity index (χ2n) is 11.1. The van der Waals surface area contributed by atoms with E-state index in [1.165, 1.54) is 11.2 Å². The molecule has 44 heavy (non-hydrogen) atoms. The Balaban J connectivity index is 1.52. The number of H-pyrrole nitrogens is 1. The van der Waals surface area contributed by atoms with Crippen LogP contribution in [0.1, 0.15) is 36.2 Å². The molecule has 0 aliphatic rings. The van der Waals surface area contributed by atoms with E-state index in [1.807, 2.05) is 92.7 Å². The number of nitrogens with zero attached hydrogens (tertiary/aromatic N) is 2. The Labute approximate surface area is 257 Å². The smallest absolute Gasteiger partial charge is 0.408 e.